The number of anilines is 1. The number of piperidine rings is 1. The number of nitrogens with zero attached hydrogens (tertiary/aromatic N) is 2. The van der Waals surface area contributed by atoms with E-state index in [1.807, 2.05) is 17.0 Å². The van der Waals surface area contributed by atoms with Gasteiger partial charge in [0.1, 0.15) is 17.4 Å². The summed E-state index contributed by atoms with van der Waals surface area (Å²) in [4.78, 5) is 19.4. The number of aromatic nitrogens is 1. The second-order valence-electron chi connectivity index (χ2n) is 8.04. The van der Waals surface area contributed by atoms with E-state index in [0.717, 1.165) is 48.1 Å². The van der Waals surface area contributed by atoms with Crippen LogP contribution in [0.5, 0.6) is 5.75 Å². The summed E-state index contributed by atoms with van der Waals surface area (Å²) in [5.74, 6) is 0.681. The number of rotatable bonds is 3. The molecule has 1 spiro atoms. The Hall–Kier alpha value is -1.94. The normalized spacial score (nSPS) is 23.8. The number of benzene rings is 1. The Balaban J connectivity index is 1.33. The van der Waals surface area contributed by atoms with Gasteiger partial charge < -0.3 is 23.8 Å². The lowest BCUT2D eigenvalue weighted by Crippen LogP contribution is -2.47. The predicted octanol–water partition coefficient (Wildman–Crippen LogP) is 3.57. The molecule has 1 N–H and O–H groups in total. The molecule has 3 aliphatic heterocycles. The molecule has 1 aromatic heterocycles. The number of methoxy groups -OCH3 is 1. The molecule has 3 aliphatic rings. The largest absolute Gasteiger partial charge is 0.494 e. The third-order valence-electron chi connectivity index (χ3n) is 6.28. The maximum Gasteiger partial charge on any atom is 0.323 e. The molecule has 0 radical (unpaired) electrons. The van der Waals surface area contributed by atoms with Gasteiger partial charge in [-0.25, -0.2) is 9.78 Å². The molecule has 4 heterocycles. The van der Waals surface area contributed by atoms with Crippen molar-refractivity contribution in [3.63, 3.8) is 0 Å². The molecule has 0 bridgehead atoms. The minimum atomic E-state index is -0.138. The molecule has 1 atom stereocenters. The van der Waals surface area contributed by atoms with Crippen LogP contribution in [0, 0.1) is 0 Å². The maximum atomic E-state index is 12.9. The van der Waals surface area contributed by atoms with Crippen molar-refractivity contribution in [1.29, 1.82) is 0 Å². The van der Waals surface area contributed by atoms with Gasteiger partial charge in [0.25, 0.3) is 0 Å². The maximum absolute atomic E-state index is 12.9. The molecule has 2 aromatic rings. The van der Waals surface area contributed by atoms with Gasteiger partial charge in [-0.15, -0.1) is 0 Å². The van der Waals surface area contributed by atoms with Crippen LogP contribution >= 0.6 is 11.3 Å². The van der Waals surface area contributed by atoms with Gasteiger partial charge >= 0.3 is 6.03 Å². The van der Waals surface area contributed by atoms with E-state index < -0.39 is 0 Å². The fraction of sp³-hybridized carbons (Fsp3) is 0.619. The van der Waals surface area contributed by atoms with Crippen molar-refractivity contribution in [3.05, 3.63) is 17.7 Å². The number of hydrogen-bond acceptors (Lipinski definition) is 7. The highest BCUT2D eigenvalue weighted by atomic mass is 32.1. The SMILES string of the molecule is COc1ccc(C2COCCO2)c2sc(NC(=O)N3CCC4(CCCO4)CC3)nc12. The first-order valence-corrected chi connectivity index (χ1v) is 11.4. The third kappa shape index (κ3) is 3.75. The number of hydrogen-bond donors (Lipinski definition) is 1. The molecule has 1 aromatic carbocycles. The molecule has 0 saturated carbocycles. The van der Waals surface area contributed by atoms with Gasteiger partial charge in [0, 0.05) is 25.3 Å². The number of thiazole rings is 1. The number of likely N-dealkylation sites (tertiary alicyclic amines) is 1. The summed E-state index contributed by atoms with van der Waals surface area (Å²) in [6, 6.07) is 3.78. The summed E-state index contributed by atoms with van der Waals surface area (Å²) < 4.78 is 23.9. The topological polar surface area (TPSA) is 82.2 Å². The number of nitrogens with one attached hydrogen (secondary N) is 1. The average Bonchev–Trinajstić information content (AvgIpc) is 3.41. The van der Waals surface area contributed by atoms with Crippen LogP contribution < -0.4 is 10.1 Å². The van der Waals surface area contributed by atoms with Gasteiger partial charge in [-0.1, -0.05) is 17.4 Å². The third-order valence-corrected chi connectivity index (χ3v) is 7.30. The Morgan fingerprint density at radius 2 is 2.13 bits per heavy atom. The first-order valence-electron chi connectivity index (χ1n) is 10.5. The Bertz CT molecular complexity index is 911. The van der Waals surface area contributed by atoms with Crippen LogP contribution in [0.4, 0.5) is 9.93 Å². The molecular formula is C21H27N3O5S. The average molecular weight is 434 g/mol. The predicted molar refractivity (Wildman–Crippen MR) is 113 cm³/mol. The number of urea groups is 1. The summed E-state index contributed by atoms with van der Waals surface area (Å²) in [6.07, 6.45) is 3.89. The van der Waals surface area contributed by atoms with Crippen LogP contribution in [0.25, 0.3) is 10.2 Å². The lowest BCUT2D eigenvalue weighted by molar-refractivity contribution is -0.0895. The summed E-state index contributed by atoms with van der Waals surface area (Å²) in [5, 5.41) is 3.55. The van der Waals surface area contributed by atoms with Crippen LogP contribution in [0.1, 0.15) is 37.4 Å². The fourth-order valence-corrected chi connectivity index (χ4v) is 5.61. The van der Waals surface area contributed by atoms with E-state index in [1.165, 1.54) is 11.3 Å². The highest BCUT2D eigenvalue weighted by molar-refractivity contribution is 7.22. The highest BCUT2D eigenvalue weighted by Crippen LogP contribution is 2.39. The number of carbonyl (C=O) groups is 1. The van der Waals surface area contributed by atoms with E-state index >= 15 is 0 Å². The zero-order valence-corrected chi connectivity index (χ0v) is 18.0. The first-order chi connectivity index (χ1) is 14.7. The Kier molecular flexibility index (Phi) is 5.53. The van der Waals surface area contributed by atoms with Gasteiger partial charge in [0.15, 0.2) is 5.13 Å². The first kappa shape index (κ1) is 20.0. The van der Waals surface area contributed by atoms with Crippen molar-refractivity contribution in [1.82, 2.24) is 9.88 Å². The molecule has 2 amide bonds. The van der Waals surface area contributed by atoms with E-state index in [0.29, 0.717) is 43.8 Å². The van der Waals surface area contributed by atoms with E-state index in [2.05, 4.69) is 10.3 Å². The van der Waals surface area contributed by atoms with Crippen molar-refractivity contribution in [2.24, 2.45) is 0 Å². The highest BCUT2D eigenvalue weighted by Gasteiger charge is 2.39. The monoisotopic (exact) mass is 433 g/mol. The molecule has 3 saturated heterocycles. The summed E-state index contributed by atoms with van der Waals surface area (Å²) in [6.45, 7) is 3.95. The van der Waals surface area contributed by atoms with Crippen molar-refractivity contribution in [3.8, 4) is 5.75 Å². The van der Waals surface area contributed by atoms with Crippen molar-refractivity contribution >= 4 is 32.7 Å². The second kappa shape index (κ2) is 8.30. The molecule has 8 nitrogen and oxygen atoms in total. The standard InChI is InChI=1S/C21H27N3O5S/c1-26-15-4-3-14(16-13-27-11-12-28-16)18-17(15)22-19(30-18)23-20(25)24-8-6-21(7-9-24)5-2-10-29-21/h3-4,16H,2,5-13H2,1H3,(H,22,23,25). The zero-order valence-electron chi connectivity index (χ0n) is 17.1. The lowest BCUT2D eigenvalue weighted by atomic mass is 9.89. The lowest BCUT2D eigenvalue weighted by Gasteiger charge is -2.38. The van der Waals surface area contributed by atoms with E-state index in [-0.39, 0.29) is 17.7 Å². The quantitative estimate of drug-likeness (QED) is 0.797. The van der Waals surface area contributed by atoms with Crippen molar-refractivity contribution < 1.29 is 23.7 Å². The molecule has 3 fully saturated rings. The van der Waals surface area contributed by atoms with Gasteiger partial charge in [0.2, 0.25) is 0 Å². The minimum Gasteiger partial charge on any atom is -0.494 e. The van der Waals surface area contributed by atoms with E-state index in [1.54, 1.807) is 7.11 Å². The smallest absolute Gasteiger partial charge is 0.323 e. The molecule has 0 aliphatic carbocycles. The Morgan fingerprint density at radius 1 is 1.27 bits per heavy atom. The van der Waals surface area contributed by atoms with Gasteiger partial charge in [0.05, 0.1) is 37.2 Å². The van der Waals surface area contributed by atoms with Crippen molar-refractivity contribution in [2.75, 3.05) is 51.9 Å². The van der Waals surface area contributed by atoms with Gasteiger partial charge in [-0.3, -0.25) is 5.32 Å². The molecule has 9 heteroatoms. The molecule has 5 rings (SSSR count). The molecule has 162 valence electrons. The number of fused-ring (bicyclic) bond motifs is 1. The molecule has 30 heavy (non-hydrogen) atoms. The van der Waals surface area contributed by atoms with E-state index in [9.17, 15) is 4.79 Å². The van der Waals surface area contributed by atoms with Gasteiger partial charge in [-0.2, -0.15) is 0 Å². The number of carbonyl (C=O) groups excluding carboxylic acids is 1. The summed E-state index contributed by atoms with van der Waals surface area (Å²) in [7, 11) is 1.63. The van der Waals surface area contributed by atoms with Crippen LogP contribution in [0.2, 0.25) is 0 Å². The zero-order chi connectivity index (χ0) is 20.6. The van der Waals surface area contributed by atoms with E-state index in [4.69, 9.17) is 18.9 Å². The van der Waals surface area contributed by atoms with Crippen LogP contribution in [-0.4, -0.2) is 68.1 Å². The van der Waals surface area contributed by atoms with Crippen LogP contribution in [-0.2, 0) is 14.2 Å². The molecular weight excluding hydrogens is 406 g/mol. The fourth-order valence-electron chi connectivity index (χ4n) is 4.58. The number of ether oxygens (including phenoxy) is 4. The minimum absolute atomic E-state index is 0.00300. The Morgan fingerprint density at radius 3 is 2.83 bits per heavy atom. The van der Waals surface area contributed by atoms with Crippen molar-refractivity contribution in [2.45, 2.75) is 37.4 Å². The Labute approximate surface area is 179 Å². The van der Waals surface area contributed by atoms with Crippen LogP contribution in [0.15, 0.2) is 12.1 Å². The summed E-state index contributed by atoms with van der Waals surface area (Å²) >= 11 is 1.45. The second-order valence-corrected chi connectivity index (χ2v) is 9.04. The summed E-state index contributed by atoms with van der Waals surface area (Å²) in [5.41, 5.74) is 1.75. The van der Waals surface area contributed by atoms with Crippen LogP contribution in [0.3, 0.4) is 0 Å². The molecule has 1 unspecified atom stereocenters. The number of amides is 2. The van der Waals surface area contributed by atoms with Gasteiger partial charge in [-0.05, 0) is 31.7 Å².